The van der Waals surface area contributed by atoms with Crippen molar-refractivity contribution in [2.45, 2.75) is 24.3 Å². The molecule has 1 aromatic heterocycles. The van der Waals surface area contributed by atoms with Gasteiger partial charge in [0.1, 0.15) is 16.8 Å². The molecule has 128 valence electrons. The van der Waals surface area contributed by atoms with Gasteiger partial charge in [-0.3, -0.25) is 0 Å². The maximum Gasteiger partial charge on any atom is 0.244 e. The standard InChI is InChI=1S/C15H15Cl2N3O3S/c1-10-18-6-4-15(19-10)23-12-5-7-20(9-12)24(21,22)14-8-11(16)2-3-13(14)17/h2-4,6,8,12H,5,7,9H2,1H3/t12-/m1/s1. The maximum absolute atomic E-state index is 12.8. The Balaban J connectivity index is 1.76. The van der Waals surface area contributed by atoms with Crippen molar-refractivity contribution < 1.29 is 13.2 Å². The third-order valence-electron chi connectivity index (χ3n) is 3.66. The van der Waals surface area contributed by atoms with Gasteiger partial charge in [-0.25, -0.2) is 13.4 Å². The molecule has 0 spiro atoms. The van der Waals surface area contributed by atoms with Crippen LogP contribution in [0.5, 0.6) is 5.88 Å². The van der Waals surface area contributed by atoms with Gasteiger partial charge < -0.3 is 4.74 Å². The van der Waals surface area contributed by atoms with E-state index in [1.165, 1.54) is 16.4 Å². The second-order valence-corrected chi connectivity index (χ2v) is 8.16. The number of nitrogens with zero attached hydrogens (tertiary/aromatic N) is 3. The van der Waals surface area contributed by atoms with E-state index >= 15 is 0 Å². The number of ether oxygens (including phenoxy) is 1. The zero-order chi connectivity index (χ0) is 17.3. The van der Waals surface area contributed by atoms with Crippen molar-refractivity contribution >= 4 is 33.2 Å². The van der Waals surface area contributed by atoms with Crippen molar-refractivity contribution in [3.8, 4) is 5.88 Å². The van der Waals surface area contributed by atoms with Crippen LogP contribution < -0.4 is 4.74 Å². The number of halogens is 2. The molecule has 0 radical (unpaired) electrons. The third kappa shape index (κ3) is 3.64. The van der Waals surface area contributed by atoms with E-state index in [4.69, 9.17) is 27.9 Å². The van der Waals surface area contributed by atoms with Crippen LogP contribution in [0.1, 0.15) is 12.2 Å². The van der Waals surface area contributed by atoms with Crippen molar-refractivity contribution in [2.75, 3.05) is 13.1 Å². The Bertz CT molecular complexity index is 861. The molecule has 0 unspecified atom stereocenters. The molecule has 0 bridgehead atoms. The highest BCUT2D eigenvalue weighted by Crippen LogP contribution is 2.30. The third-order valence-corrected chi connectivity index (χ3v) is 6.24. The van der Waals surface area contributed by atoms with Gasteiger partial charge in [0.25, 0.3) is 0 Å². The van der Waals surface area contributed by atoms with Gasteiger partial charge >= 0.3 is 0 Å². The first-order chi connectivity index (χ1) is 11.4. The van der Waals surface area contributed by atoms with Crippen LogP contribution >= 0.6 is 23.2 Å². The Labute approximate surface area is 150 Å². The van der Waals surface area contributed by atoms with Gasteiger partial charge in [-0.05, 0) is 31.5 Å². The number of aryl methyl sites for hydroxylation is 1. The predicted octanol–water partition coefficient (Wildman–Crippen LogP) is 2.93. The SMILES string of the molecule is Cc1nccc(O[C@@H]2CCN(S(=O)(=O)c3cc(Cl)ccc3Cl)C2)n1. The van der Waals surface area contributed by atoms with Crippen LogP contribution in [0.4, 0.5) is 0 Å². The zero-order valence-electron chi connectivity index (χ0n) is 12.8. The molecule has 2 aromatic rings. The highest BCUT2D eigenvalue weighted by molar-refractivity contribution is 7.89. The highest BCUT2D eigenvalue weighted by atomic mass is 35.5. The molecule has 0 N–H and O–H groups in total. The molecule has 1 aliphatic heterocycles. The summed E-state index contributed by atoms with van der Waals surface area (Å²) in [4.78, 5) is 8.18. The Kier molecular flexibility index (Phi) is 4.96. The molecule has 0 aliphatic carbocycles. The summed E-state index contributed by atoms with van der Waals surface area (Å²) in [6, 6.07) is 6.04. The minimum atomic E-state index is -3.72. The fraction of sp³-hybridized carbons (Fsp3) is 0.333. The fourth-order valence-electron chi connectivity index (χ4n) is 2.50. The lowest BCUT2D eigenvalue weighted by molar-refractivity contribution is 0.206. The van der Waals surface area contributed by atoms with Gasteiger partial charge in [0.2, 0.25) is 15.9 Å². The van der Waals surface area contributed by atoms with Gasteiger partial charge in [-0.1, -0.05) is 23.2 Å². The lowest BCUT2D eigenvalue weighted by Crippen LogP contribution is -2.31. The summed E-state index contributed by atoms with van der Waals surface area (Å²) >= 11 is 11.9. The second kappa shape index (κ2) is 6.84. The Morgan fingerprint density at radius 3 is 2.83 bits per heavy atom. The Morgan fingerprint density at radius 2 is 2.08 bits per heavy atom. The summed E-state index contributed by atoms with van der Waals surface area (Å²) in [6.45, 7) is 2.34. The Morgan fingerprint density at radius 1 is 1.29 bits per heavy atom. The average molecular weight is 388 g/mol. The van der Waals surface area contributed by atoms with E-state index in [0.29, 0.717) is 29.7 Å². The van der Waals surface area contributed by atoms with Crippen LogP contribution in [-0.4, -0.2) is 41.9 Å². The maximum atomic E-state index is 12.8. The molecule has 9 heteroatoms. The van der Waals surface area contributed by atoms with Crippen LogP contribution in [0.15, 0.2) is 35.4 Å². The number of hydrogen-bond acceptors (Lipinski definition) is 5. The van der Waals surface area contributed by atoms with Gasteiger partial charge in [0.15, 0.2) is 0 Å². The number of rotatable bonds is 4. The molecule has 24 heavy (non-hydrogen) atoms. The van der Waals surface area contributed by atoms with Crippen LogP contribution in [-0.2, 0) is 10.0 Å². The van der Waals surface area contributed by atoms with Crippen molar-refractivity contribution in [1.82, 2.24) is 14.3 Å². The predicted molar refractivity (Wildman–Crippen MR) is 91.0 cm³/mol. The summed E-state index contributed by atoms with van der Waals surface area (Å²) < 4.78 is 32.6. The van der Waals surface area contributed by atoms with Crippen LogP contribution in [0.3, 0.4) is 0 Å². The van der Waals surface area contributed by atoms with Crippen molar-refractivity contribution in [2.24, 2.45) is 0 Å². The van der Waals surface area contributed by atoms with Gasteiger partial charge in [0, 0.05) is 23.8 Å². The minimum absolute atomic E-state index is 0.00944. The first kappa shape index (κ1) is 17.4. The van der Waals surface area contributed by atoms with Crippen LogP contribution in [0.2, 0.25) is 10.0 Å². The normalized spacial score (nSPS) is 18.7. The molecular formula is C15H15Cl2N3O3S. The van der Waals surface area contributed by atoms with E-state index < -0.39 is 10.0 Å². The zero-order valence-corrected chi connectivity index (χ0v) is 15.1. The smallest absolute Gasteiger partial charge is 0.244 e. The molecule has 1 fully saturated rings. The molecule has 1 atom stereocenters. The van der Waals surface area contributed by atoms with E-state index in [-0.39, 0.29) is 22.6 Å². The average Bonchev–Trinajstić information content (AvgIpc) is 2.99. The van der Waals surface area contributed by atoms with E-state index in [9.17, 15) is 8.42 Å². The van der Waals surface area contributed by atoms with E-state index in [2.05, 4.69) is 9.97 Å². The lowest BCUT2D eigenvalue weighted by atomic mass is 10.3. The van der Waals surface area contributed by atoms with Crippen molar-refractivity contribution in [3.63, 3.8) is 0 Å². The highest BCUT2D eigenvalue weighted by Gasteiger charge is 2.35. The lowest BCUT2D eigenvalue weighted by Gasteiger charge is -2.18. The van der Waals surface area contributed by atoms with Gasteiger partial charge in [-0.15, -0.1) is 0 Å². The molecule has 0 amide bonds. The van der Waals surface area contributed by atoms with E-state index in [0.717, 1.165) is 0 Å². The largest absolute Gasteiger partial charge is 0.473 e. The minimum Gasteiger partial charge on any atom is -0.473 e. The van der Waals surface area contributed by atoms with Crippen molar-refractivity contribution in [3.05, 3.63) is 46.3 Å². The second-order valence-electron chi connectivity index (χ2n) is 5.41. The van der Waals surface area contributed by atoms with Gasteiger partial charge in [0.05, 0.1) is 11.6 Å². The molecule has 1 saturated heterocycles. The van der Waals surface area contributed by atoms with E-state index in [1.807, 2.05) is 0 Å². The molecule has 0 saturated carbocycles. The molecular weight excluding hydrogens is 373 g/mol. The first-order valence-electron chi connectivity index (χ1n) is 7.28. The number of hydrogen-bond donors (Lipinski definition) is 0. The topological polar surface area (TPSA) is 72.4 Å². The summed E-state index contributed by atoms with van der Waals surface area (Å²) in [5, 5.41) is 0.469. The molecule has 6 nitrogen and oxygen atoms in total. The van der Waals surface area contributed by atoms with Crippen molar-refractivity contribution in [1.29, 1.82) is 0 Å². The number of sulfonamides is 1. The Hall–Kier alpha value is -1.41. The first-order valence-corrected chi connectivity index (χ1v) is 9.47. The summed E-state index contributed by atoms with van der Waals surface area (Å²) in [5.41, 5.74) is 0. The molecule has 2 heterocycles. The van der Waals surface area contributed by atoms with Crippen LogP contribution in [0.25, 0.3) is 0 Å². The summed E-state index contributed by atoms with van der Waals surface area (Å²) in [5.74, 6) is 1.04. The summed E-state index contributed by atoms with van der Waals surface area (Å²) in [7, 11) is -3.72. The molecule has 3 rings (SSSR count). The van der Waals surface area contributed by atoms with Crippen LogP contribution in [0, 0.1) is 6.92 Å². The monoisotopic (exact) mass is 387 g/mol. The fourth-order valence-corrected chi connectivity index (χ4v) is 4.72. The van der Waals surface area contributed by atoms with E-state index in [1.54, 1.807) is 25.3 Å². The van der Waals surface area contributed by atoms with Gasteiger partial charge in [-0.2, -0.15) is 9.29 Å². The number of aromatic nitrogens is 2. The summed E-state index contributed by atoms with van der Waals surface area (Å²) in [6.07, 6.45) is 1.90. The molecule has 1 aromatic carbocycles. The quantitative estimate of drug-likeness (QED) is 0.806. The number of benzene rings is 1. The molecule has 1 aliphatic rings.